The quantitative estimate of drug-likeness (QED) is 0.229. The zero-order valence-electron chi connectivity index (χ0n) is 20.3. The molecule has 1 spiro atoms. The second kappa shape index (κ2) is 10.9. The van der Waals surface area contributed by atoms with Crippen molar-refractivity contribution in [1.82, 2.24) is 14.5 Å². The number of hydrogen-bond donors (Lipinski definition) is 0. The first-order valence-electron chi connectivity index (χ1n) is 12.3. The number of likely N-dealkylation sites (tertiary alicyclic amines) is 1. The summed E-state index contributed by atoms with van der Waals surface area (Å²) in [7, 11) is 1.68. The van der Waals surface area contributed by atoms with Crippen molar-refractivity contribution in [3.05, 3.63) is 58.4 Å². The van der Waals surface area contributed by atoms with Crippen LogP contribution in [0.15, 0.2) is 46.9 Å². The van der Waals surface area contributed by atoms with Gasteiger partial charge in [0, 0.05) is 49.9 Å². The Morgan fingerprint density at radius 1 is 1.29 bits per heavy atom. The highest BCUT2D eigenvalue weighted by atomic mass is 32.2. The number of aromatic nitrogens is 2. The van der Waals surface area contributed by atoms with E-state index in [9.17, 15) is 9.59 Å². The molecule has 34 heavy (non-hydrogen) atoms. The summed E-state index contributed by atoms with van der Waals surface area (Å²) < 4.78 is 6.98. The zero-order valence-corrected chi connectivity index (χ0v) is 21.2. The lowest BCUT2D eigenvalue weighted by molar-refractivity contribution is -0.133. The minimum Gasteiger partial charge on any atom is -0.384 e. The van der Waals surface area contributed by atoms with Crippen LogP contribution in [0.4, 0.5) is 0 Å². The van der Waals surface area contributed by atoms with Gasteiger partial charge in [0.25, 0.3) is 5.56 Å². The summed E-state index contributed by atoms with van der Waals surface area (Å²) in [6.45, 7) is 8.38. The second-order valence-corrected chi connectivity index (χ2v) is 10.3. The number of piperidine rings is 1. The minimum absolute atomic E-state index is 0.0325. The Morgan fingerprint density at radius 2 is 2.06 bits per heavy atom. The van der Waals surface area contributed by atoms with Gasteiger partial charge in [-0.1, -0.05) is 55.4 Å². The Morgan fingerprint density at radius 3 is 2.76 bits per heavy atom. The van der Waals surface area contributed by atoms with Crippen LogP contribution in [0.1, 0.15) is 50.2 Å². The van der Waals surface area contributed by atoms with E-state index in [0.717, 1.165) is 54.7 Å². The fourth-order valence-electron chi connectivity index (χ4n) is 5.28. The molecule has 0 radical (unpaired) electrons. The first-order chi connectivity index (χ1) is 16.5. The number of thioether (sulfide) groups is 1. The van der Waals surface area contributed by atoms with Crippen LogP contribution in [0.5, 0.6) is 0 Å². The lowest BCUT2D eigenvalue weighted by Crippen LogP contribution is -2.50. The smallest absolute Gasteiger partial charge is 0.258 e. The highest BCUT2D eigenvalue weighted by Crippen LogP contribution is 2.47. The number of unbranched alkanes of at least 4 members (excludes halogenated alkanes) is 1. The molecule has 4 rings (SSSR count). The number of amides is 1. The van der Waals surface area contributed by atoms with Crippen molar-refractivity contribution in [2.75, 3.05) is 32.6 Å². The van der Waals surface area contributed by atoms with Crippen LogP contribution in [0.25, 0.3) is 11.3 Å². The number of carbonyl (C=O) groups is 1. The number of nitrogens with zero attached hydrogens (tertiary/aromatic N) is 3. The topological polar surface area (TPSA) is 64.4 Å². The predicted molar refractivity (Wildman–Crippen MR) is 137 cm³/mol. The number of methoxy groups -OCH3 is 1. The first-order valence-corrected chi connectivity index (χ1v) is 13.3. The Balaban J connectivity index is 1.77. The Labute approximate surface area is 206 Å². The second-order valence-electron chi connectivity index (χ2n) is 9.26. The Bertz CT molecular complexity index is 1100. The largest absolute Gasteiger partial charge is 0.384 e. The van der Waals surface area contributed by atoms with E-state index in [1.807, 2.05) is 11.0 Å². The third-order valence-corrected chi connectivity index (χ3v) is 8.05. The van der Waals surface area contributed by atoms with Gasteiger partial charge in [0.05, 0.1) is 17.9 Å². The average Bonchev–Trinajstić information content (AvgIpc) is 2.85. The van der Waals surface area contributed by atoms with E-state index in [2.05, 4.69) is 31.7 Å². The molecule has 1 aromatic carbocycles. The molecule has 0 atom stereocenters. The molecule has 2 aromatic rings. The molecule has 0 bridgehead atoms. The molecular formula is C27H35N3O3S. The van der Waals surface area contributed by atoms with Gasteiger partial charge in [-0.05, 0) is 31.2 Å². The van der Waals surface area contributed by atoms with Crippen molar-refractivity contribution >= 4 is 17.7 Å². The molecule has 2 aliphatic rings. The maximum absolute atomic E-state index is 14.0. The Hall–Kier alpha value is -2.38. The molecule has 1 aromatic heterocycles. The standard InChI is InChI=1S/C27H35N3O3S/c1-4-6-11-22(31)29-15-12-27(13-16-29)19-20-9-7-8-10-21(20)24-23(27)25(32)30(14-5-2)26(28-24)34-18-17-33-3/h5,7-10H,2,4,6,11-19H2,1,3H3. The Kier molecular flexibility index (Phi) is 7.94. The van der Waals surface area contributed by atoms with Crippen LogP contribution in [-0.4, -0.2) is 52.9 Å². The molecule has 1 saturated heterocycles. The highest BCUT2D eigenvalue weighted by molar-refractivity contribution is 7.99. The summed E-state index contributed by atoms with van der Waals surface area (Å²) in [4.78, 5) is 33.8. The normalized spacial score (nSPS) is 16.2. The zero-order chi connectivity index (χ0) is 24.1. The summed E-state index contributed by atoms with van der Waals surface area (Å²) in [5.41, 5.74) is 3.67. The number of carbonyl (C=O) groups excluding carboxylic acids is 1. The van der Waals surface area contributed by atoms with Gasteiger partial charge in [-0.2, -0.15) is 0 Å². The van der Waals surface area contributed by atoms with Crippen LogP contribution in [0.3, 0.4) is 0 Å². The van der Waals surface area contributed by atoms with Crippen molar-refractivity contribution in [3.8, 4) is 11.3 Å². The van der Waals surface area contributed by atoms with Gasteiger partial charge in [0.15, 0.2) is 5.16 Å². The van der Waals surface area contributed by atoms with Gasteiger partial charge in [-0.15, -0.1) is 6.58 Å². The van der Waals surface area contributed by atoms with Crippen LogP contribution in [0.2, 0.25) is 0 Å². The molecule has 1 amide bonds. The van der Waals surface area contributed by atoms with Gasteiger partial charge in [0.2, 0.25) is 5.91 Å². The summed E-state index contributed by atoms with van der Waals surface area (Å²) >= 11 is 1.55. The number of fused-ring (bicyclic) bond motifs is 4. The molecule has 0 unspecified atom stereocenters. The molecule has 2 heterocycles. The van der Waals surface area contributed by atoms with Crippen molar-refractivity contribution in [2.45, 2.75) is 62.6 Å². The molecule has 0 saturated carbocycles. The maximum Gasteiger partial charge on any atom is 0.258 e. The fraction of sp³-hybridized carbons (Fsp3) is 0.519. The van der Waals surface area contributed by atoms with Crippen molar-refractivity contribution in [2.24, 2.45) is 0 Å². The van der Waals surface area contributed by atoms with Crippen LogP contribution >= 0.6 is 11.8 Å². The molecule has 1 aliphatic heterocycles. The number of benzene rings is 1. The van der Waals surface area contributed by atoms with Gasteiger partial charge in [0.1, 0.15) is 0 Å². The molecule has 6 nitrogen and oxygen atoms in total. The summed E-state index contributed by atoms with van der Waals surface area (Å²) in [6.07, 6.45) is 6.70. The highest BCUT2D eigenvalue weighted by Gasteiger charge is 2.45. The fourth-order valence-corrected chi connectivity index (χ4v) is 6.18. The van der Waals surface area contributed by atoms with E-state index in [0.29, 0.717) is 37.8 Å². The van der Waals surface area contributed by atoms with E-state index in [1.54, 1.807) is 29.5 Å². The van der Waals surface area contributed by atoms with E-state index < -0.39 is 0 Å². The predicted octanol–water partition coefficient (Wildman–Crippen LogP) is 4.44. The molecule has 0 N–H and O–H groups in total. The third kappa shape index (κ3) is 4.73. The monoisotopic (exact) mass is 481 g/mol. The molecular weight excluding hydrogens is 446 g/mol. The minimum atomic E-state index is -0.298. The van der Waals surface area contributed by atoms with Crippen molar-refractivity contribution < 1.29 is 9.53 Å². The molecule has 1 fully saturated rings. The summed E-state index contributed by atoms with van der Waals surface area (Å²) in [6, 6.07) is 8.32. The van der Waals surface area contributed by atoms with E-state index in [4.69, 9.17) is 9.72 Å². The average molecular weight is 482 g/mol. The van der Waals surface area contributed by atoms with Crippen molar-refractivity contribution in [1.29, 1.82) is 0 Å². The lowest BCUT2D eigenvalue weighted by atomic mass is 9.64. The first kappa shape index (κ1) is 24.7. The number of rotatable bonds is 9. The molecule has 182 valence electrons. The van der Waals surface area contributed by atoms with Gasteiger partial charge in [-0.3, -0.25) is 14.2 Å². The summed E-state index contributed by atoms with van der Waals surface area (Å²) in [5.74, 6) is 0.959. The SMILES string of the molecule is C=CCn1c(SCCOC)nc2c(c1=O)C1(CCN(C(=O)CCCC)CC1)Cc1ccccc1-2. The summed E-state index contributed by atoms with van der Waals surface area (Å²) in [5, 5.41) is 0.708. The van der Waals surface area contributed by atoms with Crippen LogP contribution in [0, 0.1) is 0 Å². The number of ether oxygens (including phenoxy) is 1. The third-order valence-electron chi connectivity index (χ3n) is 7.11. The molecule has 7 heteroatoms. The van der Waals surface area contributed by atoms with Crippen LogP contribution < -0.4 is 5.56 Å². The van der Waals surface area contributed by atoms with Gasteiger partial charge >= 0.3 is 0 Å². The van der Waals surface area contributed by atoms with Crippen LogP contribution in [-0.2, 0) is 27.9 Å². The number of allylic oxidation sites excluding steroid dienone is 1. The maximum atomic E-state index is 14.0. The number of hydrogen-bond acceptors (Lipinski definition) is 5. The molecule has 1 aliphatic carbocycles. The van der Waals surface area contributed by atoms with E-state index in [-0.39, 0.29) is 16.9 Å². The van der Waals surface area contributed by atoms with Gasteiger partial charge in [-0.25, -0.2) is 4.98 Å². The van der Waals surface area contributed by atoms with E-state index in [1.165, 1.54) is 5.56 Å². The van der Waals surface area contributed by atoms with Gasteiger partial charge < -0.3 is 9.64 Å². The lowest BCUT2D eigenvalue weighted by Gasteiger charge is -2.45. The van der Waals surface area contributed by atoms with E-state index >= 15 is 0 Å². The van der Waals surface area contributed by atoms with Crippen molar-refractivity contribution in [3.63, 3.8) is 0 Å².